The summed E-state index contributed by atoms with van der Waals surface area (Å²) in [6.07, 6.45) is 2.98. The van der Waals surface area contributed by atoms with Gasteiger partial charge in [0, 0.05) is 25.9 Å². The molecule has 1 N–H and O–H groups in total. The second kappa shape index (κ2) is 4.97. The van der Waals surface area contributed by atoms with Crippen LogP contribution in [0.4, 0.5) is 0 Å². The van der Waals surface area contributed by atoms with Gasteiger partial charge < -0.3 is 10.1 Å². The molecule has 0 bridgehead atoms. The molecule has 1 fully saturated rings. The molecule has 2 aromatic heterocycles. The van der Waals surface area contributed by atoms with Crippen molar-refractivity contribution in [2.24, 2.45) is 7.05 Å². The highest BCUT2D eigenvalue weighted by atomic mass is 16.5. The first-order valence-electron chi connectivity index (χ1n) is 6.44. The van der Waals surface area contributed by atoms with E-state index >= 15 is 0 Å². The third-order valence-corrected chi connectivity index (χ3v) is 3.20. The average Bonchev–Trinajstić information content (AvgIpc) is 2.99. The minimum Gasteiger partial charge on any atom is -0.473 e. The van der Waals surface area contributed by atoms with Crippen LogP contribution in [0.1, 0.15) is 12.2 Å². The largest absolute Gasteiger partial charge is 0.473 e. The van der Waals surface area contributed by atoms with Gasteiger partial charge in [-0.05, 0) is 26.0 Å². The number of aryl methyl sites for hydroxylation is 2. The Morgan fingerprint density at radius 3 is 3.00 bits per heavy atom. The summed E-state index contributed by atoms with van der Waals surface area (Å²) in [6.45, 7) is 3.76. The fourth-order valence-corrected chi connectivity index (χ4v) is 2.26. The molecule has 0 amide bonds. The maximum absolute atomic E-state index is 5.89. The molecule has 3 rings (SSSR count). The topological polar surface area (TPSA) is 64.9 Å². The summed E-state index contributed by atoms with van der Waals surface area (Å²) in [5.74, 6) is 1.34. The third-order valence-electron chi connectivity index (χ3n) is 3.20. The Labute approximate surface area is 111 Å². The minimum atomic E-state index is 0.202. The summed E-state index contributed by atoms with van der Waals surface area (Å²) >= 11 is 0. The number of hydrogen-bond donors (Lipinski definition) is 1. The monoisotopic (exact) mass is 259 g/mol. The highest BCUT2D eigenvalue weighted by Crippen LogP contribution is 2.21. The van der Waals surface area contributed by atoms with Gasteiger partial charge in [0.25, 0.3) is 0 Å². The molecule has 1 atom stereocenters. The second-order valence-electron chi connectivity index (χ2n) is 4.71. The molecular weight excluding hydrogens is 242 g/mol. The Hall–Kier alpha value is -1.95. The molecule has 1 unspecified atom stereocenters. The molecule has 100 valence electrons. The second-order valence-corrected chi connectivity index (χ2v) is 4.71. The number of ether oxygens (including phenoxy) is 1. The van der Waals surface area contributed by atoms with Crippen molar-refractivity contribution in [2.75, 3.05) is 13.1 Å². The molecule has 0 spiro atoms. The van der Waals surface area contributed by atoms with Crippen molar-refractivity contribution in [1.82, 2.24) is 25.1 Å². The molecular formula is C13H17N5O. The van der Waals surface area contributed by atoms with Gasteiger partial charge in [-0.2, -0.15) is 10.1 Å². The summed E-state index contributed by atoms with van der Waals surface area (Å²) in [7, 11) is 1.90. The summed E-state index contributed by atoms with van der Waals surface area (Å²) in [5.41, 5.74) is 1.80. The average molecular weight is 259 g/mol. The molecule has 2 aromatic rings. The van der Waals surface area contributed by atoms with Crippen LogP contribution in [-0.4, -0.2) is 38.9 Å². The van der Waals surface area contributed by atoms with Crippen LogP contribution < -0.4 is 10.1 Å². The van der Waals surface area contributed by atoms with Gasteiger partial charge in [0.1, 0.15) is 11.9 Å². The van der Waals surface area contributed by atoms with E-state index in [0.29, 0.717) is 11.7 Å². The molecule has 3 heterocycles. The lowest BCUT2D eigenvalue weighted by Crippen LogP contribution is -2.20. The molecule has 6 nitrogen and oxygen atoms in total. The molecule has 0 aliphatic carbocycles. The zero-order valence-corrected chi connectivity index (χ0v) is 11.1. The lowest BCUT2D eigenvalue weighted by atomic mass is 10.3. The van der Waals surface area contributed by atoms with Crippen molar-refractivity contribution >= 4 is 0 Å². The van der Waals surface area contributed by atoms with Crippen LogP contribution in [0.3, 0.4) is 0 Å². The van der Waals surface area contributed by atoms with Crippen molar-refractivity contribution < 1.29 is 4.74 Å². The standard InChI is InChI=1S/C13H17N5O/c1-9-16-11(12-4-6-15-18(12)2)7-13(17-9)19-10-3-5-14-8-10/h4,6-7,10,14H,3,5,8H2,1-2H3. The predicted octanol–water partition coefficient (Wildman–Crippen LogP) is 0.926. The molecule has 1 aliphatic heterocycles. The zero-order valence-electron chi connectivity index (χ0n) is 11.1. The number of rotatable bonds is 3. The first-order chi connectivity index (χ1) is 9.22. The quantitative estimate of drug-likeness (QED) is 0.888. The Bertz CT molecular complexity index is 574. The van der Waals surface area contributed by atoms with E-state index in [4.69, 9.17) is 4.74 Å². The van der Waals surface area contributed by atoms with Crippen molar-refractivity contribution in [3.63, 3.8) is 0 Å². The molecule has 19 heavy (non-hydrogen) atoms. The number of aromatic nitrogens is 4. The maximum Gasteiger partial charge on any atom is 0.217 e. The first-order valence-corrected chi connectivity index (χ1v) is 6.44. The summed E-state index contributed by atoms with van der Waals surface area (Å²) in [6, 6.07) is 3.81. The van der Waals surface area contributed by atoms with Gasteiger partial charge in [0.05, 0.1) is 11.4 Å². The SMILES string of the molecule is Cc1nc(OC2CCNC2)cc(-c2ccnn2C)n1. The minimum absolute atomic E-state index is 0.202. The number of hydrogen-bond acceptors (Lipinski definition) is 5. The van der Waals surface area contributed by atoms with Gasteiger partial charge in [-0.1, -0.05) is 0 Å². The summed E-state index contributed by atoms with van der Waals surface area (Å²) < 4.78 is 7.69. The van der Waals surface area contributed by atoms with E-state index in [1.54, 1.807) is 10.9 Å². The van der Waals surface area contributed by atoms with Gasteiger partial charge in [-0.3, -0.25) is 4.68 Å². The van der Waals surface area contributed by atoms with Crippen LogP contribution in [0.25, 0.3) is 11.4 Å². The van der Waals surface area contributed by atoms with E-state index in [2.05, 4.69) is 20.4 Å². The normalized spacial score (nSPS) is 18.7. The van der Waals surface area contributed by atoms with Crippen LogP contribution in [0.5, 0.6) is 5.88 Å². The van der Waals surface area contributed by atoms with Crippen LogP contribution in [-0.2, 0) is 7.05 Å². The molecule has 0 radical (unpaired) electrons. The van der Waals surface area contributed by atoms with Gasteiger partial charge in [0.2, 0.25) is 5.88 Å². The Morgan fingerprint density at radius 2 is 2.32 bits per heavy atom. The molecule has 1 saturated heterocycles. The van der Waals surface area contributed by atoms with Gasteiger partial charge in [-0.15, -0.1) is 0 Å². The van der Waals surface area contributed by atoms with Crippen LogP contribution in [0, 0.1) is 6.92 Å². The lowest BCUT2D eigenvalue weighted by Gasteiger charge is -2.12. The van der Waals surface area contributed by atoms with E-state index < -0.39 is 0 Å². The van der Waals surface area contributed by atoms with Gasteiger partial charge >= 0.3 is 0 Å². The smallest absolute Gasteiger partial charge is 0.217 e. The Balaban J connectivity index is 1.89. The van der Waals surface area contributed by atoms with E-state index in [-0.39, 0.29) is 6.10 Å². The van der Waals surface area contributed by atoms with E-state index in [0.717, 1.165) is 30.9 Å². The first kappa shape index (κ1) is 12.1. The van der Waals surface area contributed by atoms with E-state index in [1.165, 1.54) is 0 Å². The van der Waals surface area contributed by atoms with Crippen molar-refractivity contribution in [3.8, 4) is 17.3 Å². The molecule has 1 aliphatic rings. The summed E-state index contributed by atoms with van der Waals surface area (Å²) in [4.78, 5) is 8.79. The predicted molar refractivity (Wildman–Crippen MR) is 70.9 cm³/mol. The van der Waals surface area contributed by atoms with Crippen LogP contribution >= 0.6 is 0 Å². The Morgan fingerprint density at radius 1 is 1.42 bits per heavy atom. The lowest BCUT2D eigenvalue weighted by molar-refractivity contribution is 0.213. The fourth-order valence-electron chi connectivity index (χ4n) is 2.26. The van der Waals surface area contributed by atoms with E-state index in [1.807, 2.05) is 26.1 Å². The van der Waals surface area contributed by atoms with Crippen molar-refractivity contribution in [2.45, 2.75) is 19.4 Å². The third kappa shape index (κ3) is 2.58. The molecule has 0 aromatic carbocycles. The van der Waals surface area contributed by atoms with Crippen molar-refractivity contribution in [1.29, 1.82) is 0 Å². The molecule has 6 heteroatoms. The van der Waals surface area contributed by atoms with Crippen LogP contribution in [0.15, 0.2) is 18.3 Å². The maximum atomic E-state index is 5.89. The van der Waals surface area contributed by atoms with Crippen LogP contribution in [0.2, 0.25) is 0 Å². The fraction of sp³-hybridized carbons (Fsp3) is 0.462. The van der Waals surface area contributed by atoms with E-state index in [9.17, 15) is 0 Å². The molecule has 0 saturated carbocycles. The van der Waals surface area contributed by atoms with Gasteiger partial charge in [0.15, 0.2) is 0 Å². The zero-order chi connectivity index (χ0) is 13.2. The van der Waals surface area contributed by atoms with Gasteiger partial charge in [-0.25, -0.2) is 4.98 Å². The van der Waals surface area contributed by atoms with Crippen molar-refractivity contribution in [3.05, 3.63) is 24.2 Å². The number of nitrogens with one attached hydrogen (secondary N) is 1. The Kier molecular flexibility index (Phi) is 3.16. The summed E-state index contributed by atoms with van der Waals surface area (Å²) in [5, 5.41) is 7.44. The number of nitrogens with zero attached hydrogens (tertiary/aromatic N) is 4. The highest BCUT2D eigenvalue weighted by molar-refractivity contribution is 5.55. The highest BCUT2D eigenvalue weighted by Gasteiger charge is 2.17.